The number of amides is 1. The highest BCUT2D eigenvalue weighted by molar-refractivity contribution is 5.47. The fourth-order valence-corrected chi connectivity index (χ4v) is 3.36. The zero-order valence-electron chi connectivity index (χ0n) is 11.6. The number of carbonyl (C=O) groups excluding carboxylic acids is 1. The molecule has 0 spiro atoms. The van der Waals surface area contributed by atoms with Gasteiger partial charge < -0.3 is 10.2 Å². The van der Waals surface area contributed by atoms with Gasteiger partial charge in [-0.05, 0) is 51.6 Å². The number of nitrogens with zero attached hydrogens (tertiary/aromatic N) is 2. The average molecular weight is 253 g/mol. The Hall–Kier alpha value is -0.610. The predicted molar refractivity (Wildman–Crippen MR) is 73.5 cm³/mol. The minimum absolute atomic E-state index is 0.782. The van der Waals surface area contributed by atoms with Gasteiger partial charge in [-0.15, -0.1) is 0 Å². The molecule has 1 saturated heterocycles. The topological polar surface area (TPSA) is 35.6 Å². The van der Waals surface area contributed by atoms with Crippen LogP contribution in [-0.2, 0) is 4.79 Å². The maximum absolute atomic E-state index is 10.7. The molecule has 2 fully saturated rings. The maximum Gasteiger partial charge on any atom is 0.209 e. The van der Waals surface area contributed by atoms with Gasteiger partial charge in [0, 0.05) is 32.2 Å². The number of piperazine rings is 1. The first kappa shape index (κ1) is 13.8. The lowest BCUT2D eigenvalue weighted by atomic mass is 9.83. The Morgan fingerprint density at radius 2 is 1.78 bits per heavy atom. The first-order valence-corrected chi connectivity index (χ1v) is 7.41. The molecule has 1 amide bonds. The van der Waals surface area contributed by atoms with Crippen LogP contribution in [0.25, 0.3) is 0 Å². The van der Waals surface area contributed by atoms with E-state index in [4.69, 9.17) is 0 Å². The van der Waals surface area contributed by atoms with Crippen molar-refractivity contribution in [2.45, 2.75) is 38.1 Å². The summed E-state index contributed by atoms with van der Waals surface area (Å²) in [6, 6.07) is 0.782. The Morgan fingerprint density at radius 3 is 2.33 bits per heavy atom. The second kappa shape index (κ2) is 7.10. The summed E-state index contributed by atoms with van der Waals surface area (Å²) in [4.78, 5) is 15.2. The van der Waals surface area contributed by atoms with Gasteiger partial charge in [-0.3, -0.25) is 9.69 Å². The molecule has 18 heavy (non-hydrogen) atoms. The lowest BCUT2D eigenvalue weighted by Crippen LogP contribution is -2.50. The predicted octanol–water partition coefficient (Wildman–Crippen LogP) is 0.929. The Bertz CT molecular complexity index is 243. The van der Waals surface area contributed by atoms with Crippen molar-refractivity contribution in [1.29, 1.82) is 0 Å². The number of nitrogens with one attached hydrogen (secondary N) is 1. The third-order valence-electron chi connectivity index (χ3n) is 4.63. The normalized spacial score (nSPS) is 30.4. The molecule has 0 aromatic heterocycles. The Kier molecular flexibility index (Phi) is 5.45. The first-order valence-electron chi connectivity index (χ1n) is 7.41. The van der Waals surface area contributed by atoms with E-state index in [1.54, 1.807) is 0 Å². The van der Waals surface area contributed by atoms with Crippen LogP contribution in [0.2, 0.25) is 0 Å². The van der Waals surface area contributed by atoms with Gasteiger partial charge in [0.2, 0.25) is 6.41 Å². The standard InChI is InChI=1S/C14H27N3O/c1-15-7-6-13-2-4-14(5-3-13)17-10-8-16(12-18)9-11-17/h12-15H,2-11H2,1H3. The van der Waals surface area contributed by atoms with E-state index >= 15 is 0 Å². The van der Waals surface area contributed by atoms with Crippen LogP contribution in [0.3, 0.4) is 0 Å². The summed E-state index contributed by atoms with van der Waals surface area (Å²) >= 11 is 0. The molecule has 1 saturated carbocycles. The van der Waals surface area contributed by atoms with Crippen LogP contribution < -0.4 is 5.32 Å². The van der Waals surface area contributed by atoms with Crippen LogP contribution >= 0.6 is 0 Å². The van der Waals surface area contributed by atoms with Crippen LogP contribution in [0.1, 0.15) is 32.1 Å². The van der Waals surface area contributed by atoms with E-state index in [1.165, 1.54) is 32.1 Å². The van der Waals surface area contributed by atoms with Crippen LogP contribution in [0, 0.1) is 5.92 Å². The summed E-state index contributed by atoms with van der Waals surface area (Å²) in [6.45, 7) is 5.15. The third kappa shape index (κ3) is 3.69. The first-order chi connectivity index (χ1) is 8.83. The van der Waals surface area contributed by atoms with Crippen molar-refractivity contribution >= 4 is 6.41 Å². The van der Waals surface area contributed by atoms with Gasteiger partial charge in [0.1, 0.15) is 0 Å². The number of hydrogen-bond acceptors (Lipinski definition) is 3. The van der Waals surface area contributed by atoms with E-state index in [9.17, 15) is 4.79 Å². The molecule has 0 aromatic carbocycles. The smallest absolute Gasteiger partial charge is 0.209 e. The van der Waals surface area contributed by atoms with Crippen molar-refractivity contribution < 1.29 is 4.79 Å². The molecule has 104 valence electrons. The monoisotopic (exact) mass is 253 g/mol. The van der Waals surface area contributed by atoms with E-state index in [-0.39, 0.29) is 0 Å². The summed E-state index contributed by atoms with van der Waals surface area (Å²) in [6.07, 6.45) is 7.82. The zero-order chi connectivity index (χ0) is 12.8. The molecule has 1 heterocycles. The molecule has 0 unspecified atom stereocenters. The molecular weight excluding hydrogens is 226 g/mol. The molecule has 2 rings (SSSR count). The number of rotatable bonds is 5. The van der Waals surface area contributed by atoms with E-state index in [0.29, 0.717) is 0 Å². The van der Waals surface area contributed by atoms with Crippen molar-refractivity contribution in [2.75, 3.05) is 39.8 Å². The summed E-state index contributed by atoms with van der Waals surface area (Å²) in [5, 5.41) is 3.25. The number of carbonyl (C=O) groups is 1. The van der Waals surface area contributed by atoms with Crippen molar-refractivity contribution in [2.24, 2.45) is 5.92 Å². The van der Waals surface area contributed by atoms with Crippen LogP contribution in [0.5, 0.6) is 0 Å². The average Bonchev–Trinajstić information content (AvgIpc) is 2.46. The molecule has 2 aliphatic rings. The minimum atomic E-state index is 0.782. The third-order valence-corrected chi connectivity index (χ3v) is 4.63. The summed E-state index contributed by atoms with van der Waals surface area (Å²) in [7, 11) is 2.04. The lowest BCUT2D eigenvalue weighted by molar-refractivity contribution is -0.120. The Morgan fingerprint density at radius 1 is 1.11 bits per heavy atom. The molecule has 0 bridgehead atoms. The molecule has 1 aliphatic carbocycles. The quantitative estimate of drug-likeness (QED) is 0.740. The highest BCUT2D eigenvalue weighted by Crippen LogP contribution is 2.29. The van der Waals surface area contributed by atoms with Gasteiger partial charge in [-0.25, -0.2) is 0 Å². The Balaban J connectivity index is 1.68. The minimum Gasteiger partial charge on any atom is -0.343 e. The van der Waals surface area contributed by atoms with Gasteiger partial charge in [0.05, 0.1) is 0 Å². The summed E-state index contributed by atoms with van der Waals surface area (Å²) < 4.78 is 0. The van der Waals surface area contributed by atoms with Crippen molar-refractivity contribution in [3.63, 3.8) is 0 Å². The van der Waals surface area contributed by atoms with Gasteiger partial charge >= 0.3 is 0 Å². The van der Waals surface area contributed by atoms with Crippen LogP contribution in [0.4, 0.5) is 0 Å². The molecule has 0 atom stereocenters. The largest absolute Gasteiger partial charge is 0.343 e. The van der Waals surface area contributed by atoms with E-state index in [1.807, 2.05) is 11.9 Å². The molecule has 1 aliphatic heterocycles. The van der Waals surface area contributed by atoms with E-state index in [2.05, 4.69) is 10.2 Å². The van der Waals surface area contributed by atoms with Crippen molar-refractivity contribution in [3.8, 4) is 0 Å². The molecule has 4 nitrogen and oxygen atoms in total. The SMILES string of the molecule is CNCCC1CCC(N2CCN(C=O)CC2)CC1. The van der Waals surface area contributed by atoms with Gasteiger partial charge in [0.15, 0.2) is 0 Å². The second-order valence-electron chi connectivity index (χ2n) is 5.74. The lowest BCUT2D eigenvalue weighted by Gasteiger charge is -2.41. The van der Waals surface area contributed by atoms with Crippen molar-refractivity contribution in [3.05, 3.63) is 0 Å². The highest BCUT2D eigenvalue weighted by atomic mass is 16.1. The zero-order valence-corrected chi connectivity index (χ0v) is 11.6. The molecular formula is C14H27N3O. The molecule has 1 N–H and O–H groups in total. The molecule has 4 heteroatoms. The van der Waals surface area contributed by atoms with E-state index in [0.717, 1.165) is 51.1 Å². The molecule has 0 aromatic rings. The fraction of sp³-hybridized carbons (Fsp3) is 0.929. The summed E-state index contributed by atoms with van der Waals surface area (Å²) in [5.41, 5.74) is 0. The summed E-state index contributed by atoms with van der Waals surface area (Å²) in [5.74, 6) is 0.935. The number of hydrogen-bond donors (Lipinski definition) is 1. The maximum atomic E-state index is 10.7. The molecule has 0 radical (unpaired) electrons. The van der Waals surface area contributed by atoms with Crippen LogP contribution in [-0.4, -0.2) is 62.0 Å². The van der Waals surface area contributed by atoms with Gasteiger partial charge in [0.25, 0.3) is 0 Å². The van der Waals surface area contributed by atoms with E-state index < -0.39 is 0 Å². The second-order valence-corrected chi connectivity index (χ2v) is 5.74. The van der Waals surface area contributed by atoms with Gasteiger partial charge in [-0.1, -0.05) is 0 Å². The van der Waals surface area contributed by atoms with Crippen LogP contribution in [0.15, 0.2) is 0 Å². The Labute approximate surface area is 111 Å². The highest BCUT2D eigenvalue weighted by Gasteiger charge is 2.27. The van der Waals surface area contributed by atoms with Gasteiger partial charge in [-0.2, -0.15) is 0 Å². The van der Waals surface area contributed by atoms with Crippen molar-refractivity contribution in [1.82, 2.24) is 15.1 Å². The fourth-order valence-electron chi connectivity index (χ4n) is 3.36.